The minimum absolute atomic E-state index is 0.343. The fraction of sp³-hybridized carbons (Fsp3) is 0.368. The van der Waals surface area contributed by atoms with Gasteiger partial charge in [-0.05, 0) is 44.5 Å². The van der Waals surface area contributed by atoms with E-state index in [-0.39, 0.29) is 0 Å². The van der Waals surface area contributed by atoms with Crippen molar-refractivity contribution in [3.05, 3.63) is 65.3 Å². The van der Waals surface area contributed by atoms with Gasteiger partial charge in [-0.3, -0.25) is 4.68 Å². The van der Waals surface area contributed by atoms with E-state index in [0.29, 0.717) is 12.6 Å². The van der Waals surface area contributed by atoms with E-state index in [9.17, 15) is 0 Å². The molecule has 0 aliphatic rings. The van der Waals surface area contributed by atoms with Gasteiger partial charge >= 0.3 is 0 Å². The third-order valence-electron chi connectivity index (χ3n) is 4.16. The summed E-state index contributed by atoms with van der Waals surface area (Å²) in [6.45, 7) is 8.12. The highest BCUT2D eigenvalue weighted by molar-refractivity contribution is 5.28. The van der Waals surface area contributed by atoms with Crippen molar-refractivity contribution in [2.75, 3.05) is 0 Å². The van der Waals surface area contributed by atoms with Gasteiger partial charge in [-0.2, -0.15) is 5.10 Å². The van der Waals surface area contributed by atoms with Crippen molar-refractivity contribution in [1.29, 1.82) is 0 Å². The highest BCUT2D eigenvalue weighted by Gasteiger charge is 2.09. The van der Waals surface area contributed by atoms with E-state index in [1.165, 1.54) is 5.56 Å². The molecule has 0 saturated carbocycles. The quantitative estimate of drug-likeness (QED) is 0.682. The number of hydrogen-bond donors (Lipinski definition) is 1. The van der Waals surface area contributed by atoms with Crippen LogP contribution >= 0.6 is 0 Å². The summed E-state index contributed by atoms with van der Waals surface area (Å²) >= 11 is 0. The number of nitrogens with one attached hydrogen (secondary N) is 1. The third kappa shape index (κ3) is 4.70. The van der Waals surface area contributed by atoms with E-state index >= 15 is 0 Å². The maximum Gasteiger partial charge on any atom is 0.140 e. The van der Waals surface area contributed by atoms with Crippen molar-refractivity contribution < 1.29 is 9.26 Å². The molecule has 3 aromatic rings. The van der Waals surface area contributed by atoms with Crippen molar-refractivity contribution >= 4 is 0 Å². The highest BCUT2D eigenvalue weighted by atomic mass is 16.5. The van der Waals surface area contributed by atoms with Crippen LogP contribution in [0.1, 0.15) is 29.5 Å². The lowest BCUT2D eigenvalue weighted by molar-refractivity contribution is 0.301. The van der Waals surface area contributed by atoms with E-state index in [0.717, 1.165) is 35.9 Å². The zero-order chi connectivity index (χ0) is 17.6. The molecule has 0 aliphatic carbocycles. The zero-order valence-corrected chi connectivity index (χ0v) is 14.9. The molecule has 0 saturated heterocycles. The molecule has 132 valence electrons. The SMILES string of the molecule is Cc1noc(C)c1COc1ccc(CN[C@H](C)Cn2cccn2)cc1. The van der Waals surface area contributed by atoms with Crippen LogP contribution in [0.4, 0.5) is 0 Å². The third-order valence-corrected chi connectivity index (χ3v) is 4.16. The molecule has 0 bridgehead atoms. The first-order valence-corrected chi connectivity index (χ1v) is 8.46. The molecule has 1 aromatic carbocycles. The molecular formula is C19H24N4O2. The standard InChI is InChI=1S/C19H24N4O2/c1-14(12-23-10-4-9-21-23)20-11-17-5-7-18(8-6-17)24-13-19-15(2)22-25-16(19)3/h4-10,14,20H,11-13H2,1-3H3/t14-/m1/s1. The van der Waals surface area contributed by atoms with Crippen LogP contribution < -0.4 is 10.1 Å². The zero-order valence-electron chi connectivity index (χ0n) is 14.9. The Bertz CT molecular complexity index is 759. The van der Waals surface area contributed by atoms with Crippen LogP contribution in [0.25, 0.3) is 0 Å². The smallest absolute Gasteiger partial charge is 0.140 e. The minimum Gasteiger partial charge on any atom is -0.489 e. The molecule has 0 spiro atoms. The van der Waals surface area contributed by atoms with Crippen molar-refractivity contribution in [2.45, 2.75) is 46.5 Å². The van der Waals surface area contributed by atoms with Gasteiger partial charge < -0.3 is 14.6 Å². The minimum atomic E-state index is 0.343. The summed E-state index contributed by atoms with van der Waals surface area (Å²) in [5, 5.41) is 11.7. The second kappa shape index (κ2) is 7.98. The van der Waals surface area contributed by atoms with Gasteiger partial charge in [-0.1, -0.05) is 17.3 Å². The van der Waals surface area contributed by atoms with Crippen LogP contribution in [-0.4, -0.2) is 21.0 Å². The Balaban J connectivity index is 1.47. The Labute approximate surface area is 147 Å². The van der Waals surface area contributed by atoms with E-state index in [1.807, 2.05) is 42.9 Å². The highest BCUT2D eigenvalue weighted by Crippen LogP contribution is 2.18. The average molecular weight is 340 g/mol. The lowest BCUT2D eigenvalue weighted by Crippen LogP contribution is -2.30. The van der Waals surface area contributed by atoms with Crippen molar-refractivity contribution in [3.8, 4) is 5.75 Å². The fourth-order valence-electron chi connectivity index (χ4n) is 2.61. The molecule has 0 aliphatic heterocycles. The van der Waals surface area contributed by atoms with Gasteiger partial charge in [0.15, 0.2) is 0 Å². The monoisotopic (exact) mass is 340 g/mol. The predicted octanol–water partition coefficient (Wildman–Crippen LogP) is 3.25. The average Bonchev–Trinajstić information content (AvgIpc) is 3.23. The Morgan fingerprint density at radius 1 is 1.24 bits per heavy atom. The lowest BCUT2D eigenvalue weighted by atomic mass is 10.2. The van der Waals surface area contributed by atoms with Crippen LogP contribution in [0, 0.1) is 13.8 Å². The number of rotatable bonds is 8. The van der Waals surface area contributed by atoms with Crippen LogP contribution in [0.2, 0.25) is 0 Å². The normalized spacial score (nSPS) is 12.3. The summed E-state index contributed by atoms with van der Waals surface area (Å²) in [4.78, 5) is 0. The molecule has 6 heteroatoms. The van der Waals surface area contributed by atoms with E-state index in [1.54, 1.807) is 6.20 Å². The second-order valence-electron chi connectivity index (χ2n) is 6.25. The number of ether oxygens (including phenoxy) is 1. The topological polar surface area (TPSA) is 65.1 Å². The van der Waals surface area contributed by atoms with Crippen LogP contribution in [0.5, 0.6) is 5.75 Å². The van der Waals surface area contributed by atoms with Crippen LogP contribution in [0.15, 0.2) is 47.2 Å². The molecule has 0 fully saturated rings. The van der Waals surface area contributed by atoms with Gasteiger partial charge in [0.2, 0.25) is 0 Å². The maximum atomic E-state index is 5.83. The van der Waals surface area contributed by atoms with Gasteiger partial charge in [0.05, 0.1) is 17.8 Å². The van der Waals surface area contributed by atoms with Crippen molar-refractivity contribution in [2.24, 2.45) is 0 Å². The molecule has 1 N–H and O–H groups in total. The second-order valence-corrected chi connectivity index (χ2v) is 6.25. The van der Waals surface area contributed by atoms with E-state index in [2.05, 4.69) is 34.6 Å². The Kier molecular flexibility index (Phi) is 5.50. The first-order valence-electron chi connectivity index (χ1n) is 8.46. The Morgan fingerprint density at radius 2 is 2.04 bits per heavy atom. The Hall–Kier alpha value is -2.60. The predicted molar refractivity (Wildman–Crippen MR) is 95.3 cm³/mol. The van der Waals surface area contributed by atoms with Crippen LogP contribution in [0.3, 0.4) is 0 Å². The largest absolute Gasteiger partial charge is 0.489 e. The van der Waals surface area contributed by atoms with E-state index in [4.69, 9.17) is 9.26 Å². The molecular weight excluding hydrogens is 316 g/mol. The molecule has 0 amide bonds. The molecule has 2 aromatic heterocycles. The van der Waals surface area contributed by atoms with Gasteiger partial charge in [-0.15, -0.1) is 0 Å². The number of nitrogens with zero attached hydrogens (tertiary/aromatic N) is 3. The summed E-state index contributed by atoms with van der Waals surface area (Å²) in [6, 6.07) is 10.4. The molecule has 0 unspecified atom stereocenters. The summed E-state index contributed by atoms with van der Waals surface area (Å²) in [7, 11) is 0. The molecule has 3 rings (SSSR count). The molecule has 25 heavy (non-hydrogen) atoms. The molecule has 6 nitrogen and oxygen atoms in total. The summed E-state index contributed by atoms with van der Waals surface area (Å²) in [5.74, 6) is 1.65. The first-order chi connectivity index (χ1) is 12.1. The van der Waals surface area contributed by atoms with Gasteiger partial charge in [0.1, 0.15) is 18.1 Å². The van der Waals surface area contributed by atoms with E-state index < -0.39 is 0 Å². The number of benzene rings is 1. The number of aryl methyl sites for hydroxylation is 2. The Morgan fingerprint density at radius 3 is 2.68 bits per heavy atom. The summed E-state index contributed by atoms with van der Waals surface area (Å²) in [6.07, 6.45) is 3.78. The fourth-order valence-corrected chi connectivity index (χ4v) is 2.61. The summed E-state index contributed by atoms with van der Waals surface area (Å²) < 4.78 is 12.9. The maximum absolute atomic E-state index is 5.83. The lowest BCUT2D eigenvalue weighted by Gasteiger charge is -2.14. The molecule has 1 atom stereocenters. The number of hydrogen-bond acceptors (Lipinski definition) is 5. The van der Waals surface area contributed by atoms with Crippen LogP contribution in [-0.2, 0) is 19.7 Å². The molecule has 0 radical (unpaired) electrons. The van der Waals surface area contributed by atoms with Crippen molar-refractivity contribution in [1.82, 2.24) is 20.3 Å². The molecule has 2 heterocycles. The van der Waals surface area contributed by atoms with Gasteiger partial charge in [-0.25, -0.2) is 0 Å². The van der Waals surface area contributed by atoms with Gasteiger partial charge in [0, 0.05) is 25.0 Å². The first kappa shape index (κ1) is 17.2. The van der Waals surface area contributed by atoms with Gasteiger partial charge in [0.25, 0.3) is 0 Å². The number of aromatic nitrogens is 3. The van der Waals surface area contributed by atoms with Crippen molar-refractivity contribution in [3.63, 3.8) is 0 Å². The summed E-state index contributed by atoms with van der Waals surface area (Å²) in [5.41, 5.74) is 3.11.